The van der Waals surface area contributed by atoms with Crippen molar-refractivity contribution in [3.63, 3.8) is 0 Å². The number of carbonyl (C=O) groups is 1. The second-order valence-electron chi connectivity index (χ2n) is 4.58. The molecular weight excluding hydrogens is 180 g/mol. The summed E-state index contributed by atoms with van der Waals surface area (Å²) in [7, 11) is 2.06. The van der Waals surface area contributed by atoms with Gasteiger partial charge in [-0.15, -0.1) is 0 Å². The predicted molar refractivity (Wildman–Crippen MR) is 53.2 cm³/mol. The Morgan fingerprint density at radius 1 is 1.57 bits per heavy atom. The van der Waals surface area contributed by atoms with Crippen molar-refractivity contribution < 1.29 is 9.90 Å². The van der Waals surface area contributed by atoms with E-state index in [4.69, 9.17) is 0 Å². The topological polar surface area (TPSA) is 52.6 Å². The molecule has 2 aliphatic heterocycles. The SMILES string of the molecule is CN1CCC2(C(=O)O)CCCNC2C1. The molecule has 0 aromatic carbocycles. The fourth-order valence-electron chi connectivity index (χ4n) is 2.74. The van der Waals surface area contributed by atoms with Crippen LogP contribution < -0.4 is 5.32 Å². The standard InChI is InChI=1S/C10H18N2O2/c1-12-6-4-10(9(13)14)3-2-5-11-8(10)7-12/h8,11H,2-7H2,1H3,(H,13,14). The van der Waals surface area contributed by atoms with Crippen molar-refractivity contribution in [2.45, 2.75) is 25.3 Å². The molecule has 2 aliphatic rings. The summed E-state index contributed by atoms with van der Waals surface area (Å²) in [5.41, 5.74) is -0.481. The number of carboxylic acid groups (broad SMARTS) is 1. The summed E-state index contributed by atoms with van der Waals surface area (Å²) in [6.07, 6.45) is 2.62. The molecule has 0 amide bonds. The van der Waals surface area contributed by atoms with E-state index in [0.29, 0.717) is 0 Å². The number of nitrogens with one attached hydrogen (secondary N) is 1. The average Bonchev–Trinajstić information content (AvgIpc) is 2.17. The third-order valence-corrected chi connectivity index (χ3v) is 3.72. The van der Waals surface area contributed by atoms with Crippen molar-refractivity contribution in [2.75, 3.05) is 26.7 Å². The van der Waals surface area contributed by atoms with Gasteiger partial charge < -0.3 is 15.3 Å². The molecule has 2 atom stereocenters. The highest BCUT2D eigenvalue weighted by atomic mass is 16.4. The molecule has 0 aliphatic carbocycles. The maximum atomic E-state index is 11.4. The van der Waals surface area contributed by atoms with E-state index in [2.05, 4.69) is 17.3 Å². The highest BCUT2D eigenvalue weighted by Crippen LogP contribution is 2.38. The molecule has 2 rings (SSSR count). The van der Waals surface area contributed by atoms with E-state index in [1.165, 1.54) is 0 Å². The number of hydrogen-bond donors (Lipinski definition) is 2. The minimum absolute atomic E-state index is 0.146. The van der Waals surface area contributed by atoms with Gasteiger partial charge in [-0.1, -0.05) is 0 Å². The van der Waals surface area contributed by atoms with E-state index in [1.54, 1.807) is 0 Å². The molecule has 2 N–H and O–H groups in total. The van der Waals surface area contributed by atoms with E-state index >= 15 is 0 Å². The number of likely N-dealkylation sites (tertiary alicyclic amines) is 1. The van der Waals surface area contributed by atoms with Gasteiger partial charge in [0.05, 0.1) is 5.41 Å². The molecule has 14 heavy (non-hydrogen) atoms. The minimum Gasteiger partial charge on any atom is -0.481 e. The highest BCUT2D eigenvalue weighted by molar-refractivity contribution is 5.76. The van der Waals surface area contributed by atoms with Crippen molar-refractivity contribution in [3.05, 3.63) is 0 Å². The first-order valence-electron chi connectivity index (χ1n) is 5.30. The molecule has 0 aromatic rings. The largest absolute Gasteiger partial charge is 0.481 e. The highest BCUT2D eigenvalue weighted by Gasteiger charge is 2.49. The monoisotopic (exact) mass is 198 g/mol. The zero-order chi connectivity index (χ0) is 10.2. The zero-order valence-electron chi connectivity index (χ0n) is 8.62. The summed E-state index contributed by atoms with van der Waals surface area (Å²) in [6.45, 7) is 2.74. The quantitative estimate of drug-likeness (QED) is 0.629. The van der Waals surface area contributed by atoms with E-state index in [-0.39, 0.29) is 6.04 Å². The Bertz CT molecular complexity index is 244. The van der Waals surface area contributed by atoms with Crippen molar-refractivity contribution in [2.24, 2.45) is 5.41 Å². The van der Waals surface area contributed by atoms with Crippen LogP contribution in [0.25, 0.3) is 0 Å². The Labute approximate surface area is 84.3 Å². The van der Waals surface area contributed by atoms with E-state index in [0.717, 1.165) is 38.9 Å². The summed E-state index contributed by atoms with van der Waals surface area (Å²) in [5.74, 6) is -0.609. The van der Waals surface area contributed by atoms with Gasteiger partial charge in [0.25, 0.3) is 0 Å². The molecule has 0 spiro atoms. The molecule has 2 unspecified atom stereocenters. The number of nitrogens with zero attached hydrogens (tertiary/aromatic N) is 1. The summed E-state index contributed by atoms with van der Waals surface area (Å²) in [4.78, 5) is 13.6. The molecule has 0 bridgehead atoms. The van der Waals surface area contributed by atoms with Crippen LogP contribution in [0.15, 0.2) is 0 Å². The second-order valence-corrected chi connectivity index (χ2v) is 4.58. The van der Waals surface area contributed by atoms with Crippen LogP contribution in [-0.2, 0) is 4.79 Å². The van der Waals surface area contributed by atoms with E-state index < -0.39 is 11.4 Å². The van der Waals surface area contributed by atoms with Gasteiger partial charge in [0, 0.05) is 12.6 Å². The van der Waals surface area contributed by atoms with Crippen LogP contribution in [0.3, 0.4) is 0 Å². The molecule has 80 valence electrons. The lowest BCUT2D eigenvalue weighted by Gasteiger charge is -2.47. The van der Waals surface area contributed by atoms with Crippen molar-refractivity contribution in [1.29, 1.82) is 0 Å². The molecule has 0 aromatic heterocycles. The first-order chi connectivity index (χ1) is 6.65. The molecule has 0 radical (unpaired) electrons. The number of aliphatic carboxylic acids is 1. The molecule has 4 heteroatoms. The zero-order valence-corrected chi connectivity index (χ0v) is 8.62. The van der Waals surface area contributed by atoms with Crippen LogP contribution >= 0.6 is 0 Å². The summed E-state index contributed by atoms with van der Waals surface area (Å²) in [5, 5.41) is 12.7. The predicted octanol–water partition coefficient (Wildman–Crippen LogP) is 0.145. The Kier molecular flexibility index (Phi) is 2.49. The smallest absolute Gasteiger partial charge is 0.311 e. The minimum atomic E-state index is -0.609. The van der Waals surface area contributed by atoms with Crippen molar-refractivity contribution in [1.82, 2.24) is 10.2 Å². The van der Waals surface area contributed by atoms with Gasteiger partial charge in [-0.05, 0) is 39.4 Å². The number of carboxylic acids is 1. The van der Waals surface area contributed by atoms with Crippen LogP contribution in [0, 0.1) is 5.41 Å². The third kappa shape index (κ3) is 1.42. The number of fused-ring (bicyclic) bond motifs is 1. The lowest BCUT2D eigenvalue weighted by Crippen LogP contribution is -2.62. The van der Waals surface area contributed by atoms with Gasteiger partial charge in [0.1, 0.15) is 0 Å². The maximum absolute atomic E-state index is 11.4. The fraction of sp³-hybridized carbons (Fsp3) is 0.900. The molecule has 2 heterocycles. The Morgan fingerprint density at radius 3 is 3.07 bits per heavy atom. The number of likely N-dealkylation sites (N-methyl/N-ethyl adjacent to an activating group) is 1. The van der Waals surface area contributed by atoms with Crippen molar-refractivity contribution in [3.8, 4) is 0 Å². The van der Waals surface area contributed by atoms with Crippen LogP contribution in [0.2, 0.25) is 0 Å². The van der Waals surface area contributed by atoms with Crippen LogP contribution in [0.4, 0.5) is 0 Å². The first kappa shape index (κ1) is 9.93. The molecular formula is C10H18N2O2. The second kappa shape index (κ2) is 3.51. The number of hydrogen-bond acceptors (Lipinski definition) is 3. The summed E-state index contributed by atoms with van der Waals surface area (Å²) in [6, 6.07) is 0.146. The van der Waals surface area contributed by atoms with E-state index in [9.17, 15) is 9.90 Å². The Balaban J connectivity index is 2.20. The first-order valence-corrected chi connectivity index (χ1v) is 5.30. The van der Waals surface area contributed by atoms with Gasteiger partial charge in [-0.2, -0.15) is 0 Å². The lowest BCUT2D eigenvalue weighted by molar-refractivity contribution is -0.156. The fourth-order valence-corrected chi connectivity index (χ4v) is 2.74. The summed E-state index contributed by atoms with van der Waals surface area (Å²) >= 11 is 0. The van der Waals surface area contributed by atoms with Crippen LogP contribution in [0.5, 0.6) is 0 Å². The lowest BCUT2D eigenvalue weighted by atomic mass is 9.69. The Morgan fingerprint density at radius 2 is 2.36 bits per heavy atom. The maximum Gasteiger partial charge on any atom is 0.311 e. The molecule has 2 fully saturated rings. The summed E-state index contributed by atoms with van der Waals surface area (Å²) < 4.78 is 0. The van der Waals surface area contributed by atoms with E-state index in [1.807, 2.05) is 0 Å². The average molecular weight is 198 g/mol. The van der Waals surface area contributed by atoms with Gasteiger partial charge in [-0.25, -0.2) is 0 Å². The van der Waals surface area contributed by atoms with Gasteiger partial charge in [-0.3, -0.25) is 4.79 Å². The van der Waals surface area contributed by atoms with Gasteiger partial charge in [0.15, 0.2) is 0 Å². The van der Waals surface area contributed by atoms with Gasteiger partial charge in [0.2, 0.25) is 0 Å². The van der Waals surface area contributed by atoms with Gasteiger partial charge >= 0.3 is 5.97 Å². The normalized spacial score (nSPS) is 39.1. The molecule has 0 saturated carbocycles. The molecule has 4 nitrogen and oxygen atoms in total. The third-order valence-electron chi connectivity index (χ3n) is 3.72. The molecule has 2 saturated heterocycles. The number of rotatable bonds is 1. The van der Waals surface area contributed by atoms with Crippen LogP contribution in [-0.4, -0.2) is 48.7 Å². The number of piperidine rings is 2. The van der Waals surface area contributed by atoms with Crippen LogP contribution in [0.1, 0.15) is 19.3 Å². The van der Waals surface area contributed by atoms with Crippen molar-refractivity contribution >= 4 is 5.97 Å². The Hall–Kier alpha value is -0.610.